The minimum Gasteiger partial charge on any atom is -0.486 e. The summed E-state index contributed by atoms with van der Waals surface area (Å²) in [5.74, 6) is -2.36. The molecule has 2 amide bonds. The lowest BCUT2D eigenvalue weighted by atomic mass is 9.75. The number of hydrogen-bond acceptors (Lipinski definition) is 8. The fraction of sp³-hybridized carbons (Fsp3) is 0.300. The van der Waals surface area contributed by atoms with Crippen LogP contribution in [0.15, 0.2) is 72.8 Å². The Kier molecular flexibility index (Phi) is 6.03. The number of rotatable bonds is 5. The number of ether oxygens (including phenoxy) is 3. The van der Waals surface area contributed by atoms with Crippen LogP contribution in [0, 0.1) is 11.8 Å². The molecule has 39 heavy (non-hydrogen) atoms. The van der Waals surface area contributed by atoms with Gasteiger partial charge < -0.3 is 19.1 Å². The lowest BCUT2D eigenvalue weighted by Gasteiger charge is -2.33. The van der Waals surface area contributed by atoms with E-state index in [2.05, 4.69) is 5.32 Å². The predicted octanol–water partition coefficient (Wildman–Crippen LogP) is 3.04. The topological polar surface area (TPSA) is 97.4 Å². The summed E-state index contributed by atoms with van der Waals surface area (Å²) < 4.78 is 16.6. The maximum Gasteiger partial charge on any atom is 0.331 e. The van der Waals surface area contributed by atoms with Crippen LogP contribution in [-0.2, 0) is 24.7 Å². The average molecular weight is 528 g/mol. The summed E-state index contributed by atoms with van der Waals surface area (Å²) in [4.78, 5) is 45.3. The Labute approximate surface area is 226 Å². The number of nitrogens with zero attached hydrogens (tertiary/aromatic N) is 2. The molecule has 0 aromatic heterocycles. The standard InChI is InChI=1S/C30H29N3O6/c1-32(2)20-11-9-18(10-12-20)26-24-25(30(31-26,29(36)37-3)19-7-5-4-6-8-19)28(35)33(27(24)34)21-13-14-22-23(17-21)39-16-15-38-22/h4-14,17,24-26,31H,15-16H2,1-3H3/t24-,25-,26+,30-/m0/s1. The highest BCUT2D eigenvalue weighted by atomic mass is 16.6. The number of carbonyl (C=O) groups excluding carboxylic acids is 3. The SMILES string of the molecule is COC(=O)[C@@]1(c2ccccc2)N[C@H](c2ccc(N(C)C)cc2)[C@H]2C(=O)N(c3ccc4c(c3)OCCO4)C(=O)[C@H]21. The smallest absolute Gasteiger partial charge is 0.331 e. The number of hydrogen-bond donors (Lipinski definition) is 1. The van der Waals surface area contributed by atoms with Crippen molar-refractivity contribution >= 4 is 29.2 Å². The molecule has 0 bridgehead atoms. The van der Waals surface area contributed by atoms with Gasteiger partial charge in [0.15, 0.2) is 17.0 Å². The van der Waals surface area contributed by atoms with Gasteiger partial charge in [0, 0.05) is 31.9 Å². The third-order valence-corrected chi connectivity index (χ3v) is 7.85. The van der Waals surface area contributed by atoms with Crippen LogP contribution in [0.3, 0.4) is 0 Å². The van der Waals surface area contributed by atoms with Crippen LogP contribution < -0.4 is 24.6 Å². The first-order chi connectivity index (χ1) is 18.9. The lowest BCUT2D eigenvalue weighted by molar-refractivity contribution is -0.152. The van der Waals surface area contributed by atoms with Crippen molar-refractivity contribution in [2.75, 3.05) is 44.2 Å². The average Bonchev–Trinajstić information content (AvgIpc) is 3.46. The number of benzene rings is 3. The van der Waals surface area contributed by atoms with E-state index in [4.69, 9.17) is 14.2 Å². The molecule has 9 nitrogen and oxygen atoms in total. The largest absolute Gasteiger partial charge is 0.486 e. The van der Waals surface area contributed by atoms with Crippen LogP contribution in [0.2, 0.25) is 0 Å². The van der Waals surface area contributed by atoms with E-state index in [1.54, 1.807) is 42.5 Å². The van der Waals surface area contributed by atoms with E-state index >= 15 is 0 Å². The van der Waals surface area contributed by atoms with Crippen LogP contribution in [0.5, 0.6) is 11.5 Å². The molecule has 0 spiro atoms. The van der Waals surface area contributed by atoms with E-state index in [9.17, 15) is 14.4 Å². The molecular weight excluding hydrogens is 498 g/mol. The normalized spacial score (nSPS) is 25.4. The first-order valence-electron chi connectivity index (χ1n) is 12.8. The number of methoxy groups -OCH3 is 1. The number of imide groups is 1. The van der Waals surface area contributed by atoms with E-state index in [1.165, 1.54) is 12.0 Å². The highest BCUT2D eigenvalue weighted by Gasteiger charge is 2.69. The predicted molar refractivity (Wildman–Crippen MR) is 144 cm³/mol. The van der Waals surface area contributed by atoms with Gasteiger partial charge in [-0.2, -0.15) is 0 Å². The molecule has 3 aromatic rings. The van der Waals surface area contributed by atoms with Crippen molar-refractivity contribution in [3.8, 4) is 11.5 Å². The van der Waals surface area contributed by atoms with Crippen LogP contribution >= 0.6 is 0 Å². The molecule has 0 radical (unpaired) electrons. The molecule has 3 aliphatic rings. The Morgan fingerprint density at radius 1 is 0.949 bits per heavy atom. The van der Waals surface area contributed by atoms with Crippen molar-refractivity contribution in [1.29, 1.82) is 0 Å². The first kappa shape index (κ1) is 24.9. The Morgan fingerprint density at radius 3 is 2.31 bits per heavy atom. The van der Waals surface area contributed by atoms with E-state index in [1.807, 2.05) is 49.3 Å². The molecule has 1 N–H and O–H groups in total. The van der Waals surface area contributed by atoms with Crippen molar-refractivity contribution in [2.45, 2.75) is 11.6 Å². The van der Waals surface area contributed by atoms with Crippen molar-refractivity contribution in [3.63, 3.8) is 0 Å². The monoisotopic (exact) mass is 527 g/mol. The fourth-order valence-electron chi connectivity index (χ4n) is 6.03. The van der Waals surface area contributed by atoms with E-state index in [0.29, 0.717) is 36.0 Å². The van der Waals surface area contributed by atoms with Gasteiger partial charge in [-0.05, 0) is 35.4 Å². The summed E-state index contributed by atoms with van der Waals surface area (Å²) in [6.07, 6.45) is 0. The summed E-state index contributed by atoms with van der Waals surface area (Å²) in [6.45, 7) is 0.800. The summed E-state index contributed by atoms with van der Waals surface area (Å²) in [5, 5.41) is 3.42. The van der Waals surface area contributed by atoms with Crippen LogP contribution in [0.4, 0.5) is 11.4 Å². The minimum absolute atomic E-state index is 0.372. The van der Waals surface area contributed by atoms with Gasteiger partial charge in [-0.25, -0.2) is 9.69 Å². The summed E-state index contributed by atoms with van der Waals surface area (Å²) in [6, 6.07) is 21.1. The van der Waals surface area contributed by atoms with Crippen molar-refractivity contribution in [1.82, 2.24) is 5.32 Å². The van der Waals surface area contributed by atoms with E-state index in [0.717, 1.165) is 11.3 Å². The molecule has 0 aliphatic carbocycles. The van der Waals surface area contributed by atoms with Gasteiger partial charge >= 0.3 is 5.97 Å². The molecule has 3 aliphatic heterocycles. The second-order valence-corrected chi connectivity index (χ2v) is 10.1. The number of esters is 1. The van der Waals surface area contributed by atoms with Gasteiger partial charge in [-0.15, -0.1) is 0 Å². The van der Waals surface area contributed by atoms with E-state index in [-0.39, 0.29) is 0 Å². The molecule has 0 saturated carbocycles. The van der Waals surface area contributed by atoms with Crippen molar-refractivity contribution < 1.29 is 28.6 Å². The molecule has 6 rings (SSSR count). The molecule has 4 atom stereocenters. The third kappa shape index (κ3) is 3.76. The van der Waals surface area contributed by atoms with Crippen LogP contribution in [-0.4, -0.2) is 52.2 Å². The molecule has 3 heterocycles. The van der Waals surface area contributed by atoms with Gasteiger partial charge in [0.2, 0.25) is 11.8 Å². The second kappa shape index (κ2) is 9.43. The molecular formula is C30H29N3O6. The molecule has 9 heteroatoms. The Hall–Kier alpha value is -4.37. The summed E-state index contributed by atoms with van der Waals surface area (Å²) >= 11 is 0. The zero-order valence-corrected chi connectivity index (χ0v) is 21.9. The third-order valence-electron chi connectivity index (χ3n) is 7.85. The van der Waals surface area contributed by atoms with Crippen LogP contribution in [0.1, 0.15) is 17.2 Å². The Morgan fingerprint density at radius 2 is 1.64 bits per heavy atom. The van der Waals surface area contributed by atoms with Crippen molar-refractivity contribution in [3.05, 3.63) is 83.9 Å². The number of fused-ring (bicyclic) bond motifs is 2. The summed E-state index contributed by atoms with van der Waals surface area (Å²) in [7, 11) is 5.19. The molecule has 0 unspecified atom stereocenters. The number of anilines is 2. The van der Waals surface area contributed by atoms with Gasteiger partial charge in [0.25, 0.3) is 0 Å². The van der Waals surface area contributed by atoms with Gasteiger partial charge in [0.05, 0.1) is 24.6 Å². The molecule has 2 fully saturated rings. The Balaban J connectivity index is 1.51. The van der Waals surface area contributed by atoms with Gasteiger partial charge in [0.1, 0.15) is 13.2 Å². The van der Waals surface area contributed by atoms with Gasteiger partial charge in [-0.1, -0.05) is 42.5 Å². The first-order valence-corrected chi connectivity index (χ1v) is 12.8. The maximum atomic E-state index is 14.3. The quantitative estimate of drug-likeness (QED) is 0.400. The number of nitrogens with one attached hydrogen (secondary N) is 1. The lowest BCUT2D eigenvalue weighted by Crippen LogP contribution is -2.53. The molecule has 2 saturated heterocycles. The van der Waals surface area contributed by atoms with E-state index < -0.39 is 41.2 Å². The summed E-state index contributed by atoms with van der Waals surface area (Å²) in [5.41, 5.74) is 1.15. The van der Waals surface area contributed by atoms with Crippen molar-refractivity contribution in [2.24, 2.45) is 11.8 Å². The highest BCUT2D eigenvalue weighted by Crippen LogP contribution is 2.54. The number of amides is 2. The molecule has 200 valence electrons. The Bertz CT molecular complexity index is 1440. The zero-order valence-electron chi connectivity index (χ0n) is 21.9. The number of carbonyl (C=O) groups is 3. The maximum absolute atomic E-state index is 14.3. The van der Waals surface area contributed by atoms with Gasteiger partial charge in [-0.3, -0.25) is 14.9 Å². The molecule has 3 aromatic carbocycles. The highest BCUT2D eigenvalue weighted by molar-refractivity contribution is 6.24. The zero-order chi connectivity index (χ0) is 27.3. The fourth-order valence-corrected chi connectivity index (χ4v) is 6.03. The second-order valence-electron chi connectivity index (χ2n) is 10.1. The van der Waals surface area contributed by atoms with Crippen LogP contribution in [0.25, 0.3) is 0 Å². The minimum atomic E-state index is -1.57.